The van der Waals surface area contributed by atoms with E-state index in [2.05, 4.69) is 5.32 Å². The molecule has 0 aromatic heterocycles. The zero-order valence-corrected chi connectivity index (χ0v) is 9.88. The predicted molar refractivity (Wildman–Crippen MR) is 58.8 cm³/mol. The summed E-state index contributed by atoms with van der Waals surface area (Å²) in [5, 5.41) is 39.4. The van der Waals surface area contributed by atoms with Gasteiger partial charge in [0.15, 0.2) is 6.29 Å². The van der Waals surface area contributed by atoms with E-state index in [1.807, 2.05) is 0 Å². The van der Waals surface area contributed by atoms with Gasteiger partial charge in [0.25, 0.3) is 0 Å². The van der Waals surface area contributed by atoms with Gasteiger partial charge in [0.1, 0.15) is 17.6 Å². The lowest BCUT2D eigenvalue weighted by Crippen LogP contribution is -2.33. The molecule has 1 unspecified atom stereocenters. The fourth-order valence-corrected chi connectivity index (χ4v) is 1.12. The molecule has 0 aromatic carbocycles. The van der Waals surface area contributed by atoms with E-state index in [-0.39, 0.29) is 25.3 Å². The maximum Gasteiger partial charge on any atom is 0.221 e. The highest BCUT2D eigenvalue weighted by molar-refractivity contribution is 5.75. The second-order valence-electron chi connectivity index (χ2n) is 3.32. The second kappa shape index (κ2) is 8.02. The van der Waals surface area contributed by atoms with Crippen molar-refractivity contribution in [1.29, 1.82) is 0 Å². The van der Waals surface area contributed by atoms with Crippen molar-refractivity contribution in [2.75, 3.05) is 13.2 Å². The fraction of sp³-hybridized carbons (Fsp3) is 0.700. The number of nitrogens with one attached hydrogen (secondary N) is 1. The Bertz CT molecular complexity index is 278. The van der Waals surface area contributed by atoms with Crippen molar-refractivity contribution >= 4 is 5.91 Å². The highest BCUT2D eigenvalue weighted by Gasteiger charge is 2.22. The summed E-state index contributed by atoms with van der Waals surface area (Å²) in [5.74, 6) is -1.16. The van der Waals surface area contributed by atoms with Crippen LogP contribution in [0.2, 0.25) is 0 Å². The largest absolute Gasteiger partial charge is 0.508 e. The maximum absolute atomic E-state index is 10.9. The molecule has 0 saturated carbocycles. The fourth-order valence-electron chi connectivity index (χ4n) is 1.12. The number of rotatable bonds is 7. The molecule has 7 nitrogen and oxygen atoms in total. The summed E-state index contributed by atoms with van der Waals surface area (Å²) in [5.41, 5.74) is -0.319. The maximum atomic E-state index is 10.9. The molecule has 0 spiro atoms. The van der Waals surface area contributed by atoms with Crippen LogP contribution in [0.3, 0.4) is 0 Å². The standard InChI is InChI=1S/C10H19NO6/c1-3-17-10(16)8(11-6(2)13)9(15)7(14)4-5-12/h7,10,12,14-16H,3-5H2,1-2H3,(H,11,13)/b9-8+/t7?,10-/m0/s1. The van der Waals surface area contributed by atoms with Gasteiger partial charge in [-0.1, -0.05) is 0 Å². The lowest BCUT2D eigenvalue weighted by Gasteiger charge is -2.19. The summed E-state index contributed by atoms with van der Waals surface area (Å²) in [6.07, 6.45) is -3.04. The van der Waals surface area contributed by atoms with Crippen LogP contribution in [0.5, 0.6) is 0 Å². The minimum Gasteiger partial charge on any atom is -0.508 e. The van der Waals surface area contributed by atoms with Crippen molar-refractivity contribution in [2.45, 2.75) is 32.7 Å². The minimum atomic E-state index is -1.54. The third kappa shape index (κ3) is 5.64. The molecule has 0 aliphatic carbocycles. The molecule has 0 radical (unpaired) electrons. The molecule has 0 heterocycles. The number of hydrogen-bond donors (Lipinski definition) is 5. The highest BCUT2D eigenvalue weighted by atomic mass is 16.6. The molecule has 0 bridgehead atoms. The molecule has 17 heavy (non-hydrogen) atoms. The average molecular weight is 249 g/mol. The first-order chi connectivity index (χ1) is 7.93. The number of carbonyl (C=O) groups is 1. The highest BCUT2D eigenvalue weighted by Crippen LogP contribution is 2.12. The monoisotopic (exact) mass is 249 g/mol. The van der Waals surface area contributed by atoms with Crippen LogP contribution in [0.1, 0.15) is 20.3 Å². The molecule has 0 rings (SSSR count). The number of ether oxygens (including phenoxy) is 1. The van der Waals surface area contributed by atoms with E-state index in [9.17, 15) is 20.1 Å². The van der Waals surface area contributed by atoms with Gasteiger partial charge in [-0.25, -0.2) is 0 Å². The molecule has 5 N–H and O–H groups in total. The summed E-state index contributed by atoms with van der Waals surface area (Å²) in [6.45, 7) is 2.62. The normalized spacial score (nSPS) is 16.1. The molecule has 0 aromatic rings. The van der Waals surface area contributed by atoms with Crippen LogP contribution in [0.25, 0.3) is 0 Å². The Labute approximate surface area is 99.3 Å². The van der Waals surface area contributed by atoms with Crippen molar-refractivity contribution in [3.8, 4) is 0 Å². The Morgan fingerprint density at radius 2 is 2.00 bits per heavy atom. The number of aliphatic hydroxyl groups excluding tert-OH is 4. The summed E-state index contributed by atoms with van der Waals surface area (Å²) in [6, 6.07) is 0. The van der Waals surface area contributed by atoms with E-state index in [1.165, 1.54) is 6.92 Å². The van der Waals surface area contributed by atoms with Crippen molar-refractivity contribution in [2.24, 2.45) is 0 Å². The van der Waals surface area contributed by atoms with E-state index < -0.39 is 24.1 Å². The molecule has 100 valence electrons. The van der Waals surface area contributed by atoms with Gasteiger partial charge >= 0.3 is 0 Å². The van der Waals surface area contributed by atoms with E-state index >= 15 is 0 Å². The minimum absolute atomic E-state index is 0.117. The van der Waals surface area contributed by atoms with Crippen LogP contribution in [-0.2, 0) is 9.53 Å². The van der Waals surface area contributed by atoms with Gasteiger partial charge in [-0.3, -0.25) is 4.79 Å². The zero-order valence-electron chi connectivity index (χ0n) is 9.88. The van der Waals surface area contributed by atoms with Gasteiger partial charge in [0, 0.05) is 26.6 Å². The topological polar surface area (TPSA) is 119 Å². The van der Waals surface area contributed by atoms with Gasteiger partial charge in [0.05, 0.1) is 0 Å². The van der Waals surface area contributed by atoms with Gasteiger partial charge in [-0.2, -0.15) is 0 Å². The van der Waals surface area contributed by atoms with Crippen molar-refractivity contribution in [3.63, 3.8) is 0 Å². The third-order valence-corrected chi connectivity index (χ3v) is 1.88. The molecule has 0 saturated heterocycles. The zero-order chi connectivity index (χ0) is 13.4. The Hall–Kier alpha value is -1.15. The summed E-state index contributed by atoms with van der Waals surface area (Å²) >= 11 is 0. The first-order valence-corrected chi connectivity index (χ1v) is 5.23. The number of amides is 1. The van der Waals surface area contributed by atoms with Crippen LogP contribution in [0.15, 0.2) is 11.5 Å². The van der Waals surface area contributed by atoms with Crippen LogP contribution < -0.4 is 5.32 Å². The van der Waals surface area contributed by atoms with Gasteiger partial charge in [-0.15, -0.1) is 0 Å². The Morgan fingerprint density at radius 3 is 2.41 bits per heavy atom. The number of aliphatic hydroxyl groups is 4. The van der Waals surface area contributed by atoms with Crippen LogP contribution >= 0.6 is 0 Å². The summed E-state index contributed by atoms with van der Waals surface area (Å²) in [7, 11) is 0. The SMILES string of the molecule is CCO[C@H](O)/C(NC(C)=O)=C(\O)C(O)CCO. The Balaban J connectivity index is 4.97. The van der Waals surface area contributed by atoms with E-state index in [0.717, 1.165) is 0 Å². The van der Waals surface area contributed by atoms with Crippen LogP contribution in [0, 0.1) is 0 Å². The smallest absolute Gasteiger partial charge is 0.221 e. The van der Waals surface area contributed by atoms with E-state index in [4.69, 9.17) is 9.84 Å². The quantitative estimate of drug-likeness (QED) is 0.291. The van der Waals surface area contributed by atoms with Crippen LogP contribution in [0.4, 0.5) is 0 Å². The van der Waals surface area contributed by atoms with E-state index in [1.54, 1.807) is 6.92 Å². The number of carbonyl (C=O) groups excluding carboxylic acids is 1. The van der Waals surface area contributed by atoms with Gasteiger partial charge in [-0.05, 0) is 6.92 Å². The number of hydrogen-bond acceptors (Lipinski definition) is 6. The predicted octanol–water partition coefficient (Wildman–Crippen LogP) is -1.01. The lowest BCUT2D eigenvalue weighted by molar-refractivity contribution is -0.121. The lowest BCUT2D eigenvalue weighted by atomic mass is 10.2. The molecule has 7 heteroatoms. The van der Waals surface area contributed by atoms with Crippen molar-refractivity contribution < 1.29 is 30.0 Å². The molecular formula is C10H19NO6. The third-order valence-electron chi connectivity index (χ3n) is 1.88. The molecule has 0 aliphatic rings. The second-order valence-corrected chi connectivity index (χ2v) is 3.32. The van der Waals surface area contributed by atoms with Crippen molar-refractivity contribution in [3.05, 3.63) is 11.5 Å². The summed E-state index contributed by atoms with van der Waals surface area (Å²) in [4.78, 5) is 10.9. The van der Waals surface area contributed by atoms with E-state index in [0.29, 0.717) is 0 Å². The summed E-state index contributed by atoms with van der Waals surface area (Å²) < 4.78 is 4.80. The Morgan fingerprint density at radius 1 is 1.41 bits per heavy atom. The van der Waals surface area contributed by atoms with Crippen LogP contribution in [-0.4, -0.2) is 51.9 Å². The van der Waals surface area contributed by atoms with Gasteiger partial charge < -0.3 is 30.5 Å². The average Bonchev–Trinajstić information content (AvgIpc) is 2.25. The molecular weight excluding hydrogens is 230 g/mol. The van der Waals surface area contributed by atoms with Crippen molar-refractivity contribution in [1.82, 2.24) is 5.32 Å². The molecule has 0 aliphatic heterocycles. The van der Waals surface area contributed by atoms with Gasteiger partial charge in [0.2, 0.25) is 5.91 Å². The first-order valence-electron chi connectivity index (χ1n) is 5.23. The molecule has 1 amide bonds. The Kier molecular flexibility index (Phi) is 7.47. The first kappa shape index (κ1) is 15.9. The molecule has 2 atom stereocenters. The molecule has 0 fully saturated rings.